The third-order valence-electron chi connectivity index (χ3n) is 2.41. The smallest absolute Gasteiger partial charge is 0.147 e. The van der Waals surface area contributed by atoms with Crippen molar-refractivity contribution in [3.63, 3.8) is 0 Å². The van der Waals surface area contributed by atoms with Gasteiger partial charge in [0.25, 0.3) is 0 Å². The van der Waals surface area contributed by atoms with E-state index in [1.807, 2.05) is 47.8 Å². The summed E-state index contributed by atoms with van der Waals surface area (Å²) in [4.78, 5) is 0.760. The molecule has 1 aromatic carbocycles. The van der Waals surface area contributed by atoms with E-state index in [4.69, 9.17) is 0 Å². The molecule has 0 aliphatic rings. The molecule has 78 valence electrons. The van der Waals surface area contributed by atoms with Crippen molar-refractivity contribution in [2.24, 2.45) is 0 Å². The van der Waals surface area contributed by atoms with Gasteiger partial charge in [-0.25, -0.2) is 0 Å². The summed E-state index contributed by atoms with van der Waals surface area (Å²) in [7, 11) is 0. The van der Waals surface area contributed by atoms with E-state index < -0.39 is 5.60 Å². The Balaban J connectivity index is 2.47. The summed E-state index contributed by atoms with van der Waals surface area (Å²) in [5.74, 6) is 0. The van der Waals surface area contributed by atoms with Crippen LogP contribution in [0.15, 0.2) is 47.8 Å². The lowest BCUT2D eigenvalue weighted by atomic mass is 9.93. The minimum atomic E-state index is -1.27. The quantitative estimate of drug-likeness (QED) is 0.830. The Hall–Kier alpha value is -1.16. The average molecular weight is 220 g/mol. The molecule has 0 spiro atoms. The first kappa shape index (κ1) is 10.4. The molecule has 0 fully saturated rings. The van der Waals surface area contributed by atoms with Crippen LogP contribution in [0.5, 0.6) is 0 Å². The molecule has 0 radical (unpaired) electrons. The summed E-state index contributed by atoms with van der Waals surface area (Å²) in [5.41, 5.74) is -0.551. The van der Waals surface area contributed by atoms with Gasteiger partial charge in [0.15, 0.2) is 0 Å². The second kappa shape index (κ2) is 4.14. The van der Waals surface area contributed by atoms with Gasteiger partial charge in [0.2, 0.25) is 0 Å². The molecule has 15 heavy (non-hydrogen) atoms. The zero-order valence-electron chi connectivity index (χ0n) is 8.13. The lowest BCUT2D eigenvalue weighted by Gasteiger charge is -2.25. The summed E-state index contributed by atoms with van der Waals surface area (Å²) in [5, 5.41) is 21.7. The predicted molar refractivity (Wildman–Crippen MR) is 60.8 cm³/mol. The highest BCUT2D eigenvalue weighted by Gasteiger charge is 2.31. The van der Waals surface area contributed by atoms with Crippen LogP contribution in [0.1, 0.15) is 10.4 Å². The van der Waals surface area contributed by atoms with Crippen LogP contribution in [0.25, 0.3) is 0 Å². The van der Waals surface area contributed by atoms with E-state index in [-0.39, 0.29) is 6.61 Å². The van der Waals surface area contributed by atoms with E-state index in [2.05, 4.69) is 0 Å². The van der Waals surface area contributed by atoms with Gasteiger partial charge in [-0.15, -0.1) is 11.3 Å². The molecule has 1 atom stereocenters. The van der Waals surface area contributed by atoms with Gasteiger partial charge in [-0.05, 0) is 17.0 Å². The number of thiophene rings is 1. The summed E-state index contributed by atoms with van der Waals surface area (Å²) < 4.78 is 0. The van der Waals surface area contributed by atoms with Gasteiger partial charge < -0.3 is 10.2 Å². The molecule has 2 N–H and O–H groups in total. The summed E-state index contributed by atoms with van der Waals surface area (Å²) in [6.07, 6.45) is 0. The first-order chi connectivity index (χ1) is 7.27. The van der Waals surface area contributed by atoms with Crippen molar-refractivity contribution in [3.05, 3.63) is 58.3 Å². The maximum absolute atomic E-state index is 10.4. The monoisotopic (exact) mass is 220 g/mol. The van der Waals surface area contributed by atoms with E-state index in [1.54, 1.807) is 0 Å². The lowest BCUT2D eigenvalue weighted by molar-refractivity contribution is 0.0203. The first-order valence-corrected chi connectivity index (χ1v) is 5.58. The minimum Gasteiger partial charge on any atom is -0.393 e. The number of hydrogen-bond donors (Lipinski definition) is 2. The second-order valence-corrected chi connectivity index (χ2v) is 4.31. The van der Waals surface area contributed by atoms with Crippen molar-refractivity contribution in [1.82, 2.24) is 0 Å². The number of rotatable bonds is 3. The van der Waals surface area contributed by atoms with Crippen LogP contribution in [0.4, 0.5) is 0 Å². The zero-order chi connectivity index (χ0) is 10.7. The maximum atomic E-state index is 10.4. The molecule has 0 amide bonds. The molecule has 0 saturated carbocycles. The topological polar surface area (TPSA) is 40.5 Å². The van der Waals surface area contributed by atoms with Crippen LogP contribution in [0, 0.1) is 0 Å². The van der Waals surface area contributed by atoms with Gasteiger partial charge in [0, 0.05) is 4.88 Å². The Kier molecular flexibility index (Phi) is 2.86. The van der Waals surface area contributed by atoms with Crippen molar-refractivity contribution in [3.8, 4) is 0 Å². The summed E-state index contributed by atoms with van der Waals surface area (Å²) in [6.45, 7) is -0.308. The second-order valence-electron chi connectivity index (χ2n) is 3.36. The molecule has 2 nitrogen and oxygen atoms in total. The van der Waals surface area contributed by atoms with Gasteiger partial charge in [-0.2, -0.15) is 0 Å². The van der Waals surface area contributed by atoms with Crippen molar-refractivity contribution < 1.29 is 10.2 Å². The fourth-order valence-electron chi connectivity index (χ4n) is 1.54. The summed E-state index contributed by atoms with van der Waals surface area (Å²) >= 11 is 1.44. The molecule has 1 heterocycles. The zero-order valence-corrected chi connectivity index (χ0v) is 8.95. The lowest BCUT2D eigenvalue weighted by Crippen LogP contribution is -2.30. The molecule has 1 aromatic heterocycles. The highest BCUT2D eigenvalue weighted by Crippen LogP contribution is 2.31. The van der Waals surface area contributed by atoms with Gasteiger partial charge in [0.05, 0.1) is 6.61 Å². The van der Waals surface area contributed by atoms with Crippen LogP contribution in [0.2, 0.25) is 0 Å². The van der Waals surface area contributed by atoms with Crippen molar-refractivity contribution in [1.29, 1.82) is 0 Å². The molecule has 2 aromatic rings. The Morgan fingerprint density at radius 2 is 1.80 bits per heavy atom. The van der Waals surface area contributed by atoms with Crippen LogP contribution < -0.4 is 0 Å². The molecule has 0 aliphatic heterocycles. The third-order valence-corrected chi connectivity index (χ3v) is 3.43. The van der Waals surface area contributed by atoms with E-state index in [9.17, 15) is 10.2 Å². The fraction of sp³-hybridized carbons (Fsp3) is 0.167. The fourth-order valence-corrected chi connectivity index (χ4v) is 2.38. The number of aliphatic hydroxyl groups is 2. The normalized spacial score (nSPS) is 14.8. The van der Waals surface area contributed by atoms with Gasteiger partial charge >= 0.3 is 0 Å². The molecule has 0 saturated heterocycles. The molecule has 0 aliphatic carbocycles. The highest BCUT2D eigenvalue weighted by atomic mass is 32.1. The van der Waals surface area contributed by atoms with Crippen LogP contribution >= 0.6 is 11.3 Å². The first-order valence-electron chi connectivity index (χ1n) is 4.70. The molecule has 0 bridgehead atoms. The standard InChI is InChI=1S/C12H12O2S/c13-9-12(14,11-7-4-8-15-11)10-5-2-1-3-6-10/h1-8,13-14H,9H2/t12-/m1/s1. The Labute approximate surface area is 92.4 Å². The van der Waals surface area contributed by atoms with E-state index in [0.717, 1.165) is 10.4 Å². The molecular weight excluding hydrogens is 208 g/mol. The van der Waals surface area contributed by atoms with Crippen molar-refractivity contribution in [2.75, 3.05) is 6.61 Å². The Morgan fingerprint density at radius 3 is 2.33 bits per heavy atom. The van der Waals surface area contributed by atoms with Gasteiger partial charge in [0.1, 0.15) is 5.60 Å². The van der Waals surface area contributed by atoms with Crippen LogP contribution in [-0.2, 0) is 5.60 Å². The number of hydrogen-bond acceptors (Lipinski definition) is 3. The van der Waals surface area contributed by atoms with E-state index >= 15 is 0 Å². The van der Waals surface area contributed by atoms with Crippen molar-refractivity contribution in [2.45, 2.75) is 5.60 Å². The largest absolute Gasteiger partial charge is 0.393 e. The van der Waals surface area contributed by atoms with Gasteiger partial charge in [-0.3, -0.25) is 0 Å². The van der Waals surface area contributed by atoms with Crippen LogP contribution in [0.3, 0.4) is 0 Å². The minimum absolute atomic E-state index is 0.308. The van der Waals surface area contributed by atoms with Crippen LogP contribution in [-0.4, -0.2) is 16.8 Å². The Morgan fingerprint density at radius 1 is 1.07 bits per heavy atom. The van der Waals surface area contributed by atoms with Crippen molar-refractivity contribution >= 4 is 11.3 Å². The van der Waals surface area contributed by atoms with E-state index in [0.29, 0.717) is 0 Å². The summed E-state index contributed by atoms with van der Waals surface area (Å²) in [6, 6.07) is 12.9. The highest BCUT2D eigenvalue weighted by molar-refractivity contribution is 7.10. The SMILES string of the molecule is OC[C@@](O)(c1ccccc1)c1cccs1. The molecular formula is C12H12O2S. The number of benzene rings is 1. The molecule has 0 unspecified atom stereocenters. The Bertz CT molecular complexity index is 410. The maximum Gasteiger partial charge on any atom is 0.147 e. The predicted octanol–water partition coefficient (Wildman–Crippen LogP) is 1.98. The molecule has 3 heteroatoms. The third kappa shape index (κ3) is 1.81. The number of aliphatic hydroxyl groups excluding tert-OH is 1. The molecule has 2 rings (SSSR count). The van der Waals surface area contributed by atoms with E-state index in [1.165, 1.54) is 11.3 Å². The average Bonchev–Trinajstić information content (AvgIpc) is 2.83. The van der Waals surface area contributed by atoms with Gasteiger partial charge in [-0.1, -0.05) is 36.4 Å².